The van der Waals surface area contributed by atoms with Gasteiger partial charge < -0.3 is 25.4 Å². The van der Waals surface area contributed by atoms with Gasteiger partial charge in [-0.2, -0.15) is 0 Å². The van der Waals surface area contributed by atoms with E-state index in [2.05, 4.69) is 5.32 Å². The highest BCUT2D eigenvalue weighted by atomic mass is 16.6. The zero-order valence-electron chi connectivity index (χ0n) is 13.8. The van der Waals surface area contributed by atoms with Crippen molar-refractivity contribution in [2.24, 2.45) is 11.7 Å². The molecule has 2 amide bonds. The second-order valence-electron chi connectivity index (χ2n) is 6.22. The van der Waals surface area contributed by atoms with Crippen molar-refractivity contribution in [2.75, 3.05) is 31.2 Å². The van der Waals surface area contributed by atoms with E-state index in [0.717, 1.165) is 5.69 Å². The van der Waals surface area contributed by atoms with Gasteiger partial charge in [0, 0.05) is 30.9 Å². The molecule has 0 bridgehead atoms. The summed E-state index contributed by atoms with van der Waals surface area (Å²) < 4.78 is 11.0. The molecule has 1 saturated heterocycles. The lowest BCUT2D eigenvalue weighted by Gasteiger charge is -2.22. The molecular weight excluding hydrogens is 310 g/mol. The molecular formula is C17H23N3O4. The minimum absolute atomic E-state index is 0.0267. The zero-order valence-corrected chi connectivity index (χ0v) is 13.8. The molecule has 1 fully saturated rings. The van der Waals surface area contributed by atoms with Crippen LogP contribution in [-0.2, 0) is 9.59 Å². The number of amides is 2. The van der Waals surface area contributed by atoms with Gasteiger partial charge in [-0.25, -0.2) is 0 Å². The summed E-state index contributed by atoms with van der Waals surface area (Å²) >= 11 is 0. The van der Waals surface area contributed by atoms with Crippen LogP contribution in [0.25, 0.3) is 0 Å². The standard InChI is InChI=1S/C17H23N3O4/c1-11(18)4-6-19-16(21)13-5-7-20(17(13)22)12-2-3-14-15(10-12)24-9-8-23-14/h2-3,10-11,13H,4-9,18H2,1H3,(H,19,21). The number of nitrogens with one attached hydrogen (secondary N) is 1. The maximum atomic E-state index is 12.6. The van der Waals surface area contributed by atoms with E-state index in [1.807, 2.05) is 13.0 Å². The minimum atomic E-state index is -0.633. The van der Waals surface area contributed by atoms with Crippen LogP contribution in [0.15, 0.2) is 18.2 Å². The Labute approximate surface area is 141 Å². The second kappa shape index (κ2) is 7.09. The Bertz CT molecular complexity index is 632. The first-order chi connectivity index (χ1) is 11.6. The van der Waals surface area contributed by atoms with Crippen LogP contribution in [0.1, 0.15) is 19.8 Å². The van der Waals surface area contributed by atoms with Crippen LogP contribution in [0.4, 0.5) is 5.69 Å². The lowest BCUT2D eigenvalue weighted by molar-refractivity contribution is -0.132. The van der Waals surface area contributed by atoms with Gasteiger partial charge in [-0.15, -0.1) is 0 Å². The first-order valence-corrected chi connectivity index (χ1v) is 8.30. The number of carbonyl (C=O) groups excluding carboxylic acids is 2. The third-order valence-corrected chi connectivity index (χ3v) is 4.26. The summed E-state index contributed by atoms with van der Waals surface area (Å²) in [4.78, 5) is 26.4. The first-order valence-electron chi connectivity index (χ1n) is 8.30. The topological polar surface area (TPSA) is 93.9 Å². The molecule has 0 aromatic heterocycles. The molecule has 0 radical (unpaired) electrons. The average Bonchev–Trinajstić information content (AvgIpc) is 2.95. The molecule has 2 aliphatic rings. The largest absolute Gasteiger partial charge is 0.486 e. The summed E-state index contributed by atoms with van der Waals surface area (Å²) in [5.74, 6) is 0.287. The third kappa shape index (κ3) is 3.46. The molecule has 2 unspecified atom stereocenters. The normalized spacial score (nSPS) is 20.8. The molecule has 2 heterocycles. The Morgan fingerprint density at radius 1 is 1.38 bits per heavy atom. The molecule has 1 aromatic rings. The van der Waals surface area contributed by atoms with Crippen LogP contribution >= 0.6 is 0 Å². The van der Waals surface area contributed by atoms with Gasteiger partial charge in [-0.1, -0.05) is 0 Å². The summed E-state index contributed by atoms with van der Waals surface area (Å²) in [6.45, 7) is 3.91. The monoisotopic (exact) mass is 333 g/mol. The number of fused-ring (bicyclic) bond motifs is 1. The van der Waals surface area contributed by atoms with Crippen molar-refractivity contribution in [3.05, 3.63) is 18.2 Å². The maximum Gasteiger partial charge on any atom is 0.239 e. The number of ether oxygens (including phenoxy) is 2. The Balaban J connectivity index is 1.64. The van der Waals surface area contributed by atoms with Crippen LogP contribution < -0.4 is 25.4 Å². The van der Waals surface area contributed by atoms with E-state index in [0.29, 0.717) is 50.6 Å². The number of nitrogens with zero attached hydrogens (tertiary/aromatic N) is 1. The summed E-state index contributed by atoms with van der Waals surface area (Å²) in [5, 5.41) is 2.80. The molecule has 1 aromatic carbocycles. The van der Waals surface area contributed by atoms with E-state index in [9.17, 15) is 9.59 Å². The number of rotatable bonds is 5. The smallest absolute Gasteiger partial charge is 0.239 e. The predicted molar refractivity (Wildman–Crippen MR) is 89.2 cm³/mol. The fourth-order valence-corrected chi connectivity index (χ4v) is 2.93. The molecule has 3 rings (SSSR count). The molecule has 0 saturated carbocycles. The Morgan fingerprint density at radius 3 is 2.88 bits per heavy atom. The average molecular weight is 333 g/mol. The lowest BCUT2D eigenvalue weighted by Crippen LogP contribution is -2.38. The van der Waals surface area contributed by atoms with Crippen molar-refractivity contribution in [1.29, 1.82) is 0 Å². The van der Waals surface area contributed by atoms with Crippen molar-refractivity contribution in [3.8, 4) is 11.5 Å². The molecule has 3 N–H and O–H groups in total. The molecule has 2 aliphatic heterocycles. The second-order valence-corrected chi connectivity index (χ2v) is 6.22. The van der Waals surface area contributed by atoms with Crippen molar-refractivity contribution >= 4 is 17.5 Å². The number of hydrogen-bond acceptors (Lipinski definition) is 5. The van der Waals surface area contributed by atoms with Gasteiger partial charge in [0.2, 0.25) is 11.8 Å². The number of anilines is 1. The van der Waals surface area contributed by atoms with Crippen molar-refractivity contribution in [1.82, 2.24) is 5.32 Å². The van der Waals surface area contributed by atoms with Gasteiger partial charge in [0.05, 0.1) is 0 Å². The molecule has 24 heavy (non-hydrogen) atoms. The highest BCUT2D eigenvalue weighted by molar-refractivity contribution is 6.09. The maximum absolute atomic E-state index is 12.6. The molecule has 0 spiro atoms. The summed E-state index contributed by atoms with van der Waals surface area (Å²) in [5.41, 5.74) is 6.40. The van der Waals surface area contributed by atoms with Crippen molar-refractivity contribution in [3.63, 3.8) is 0 Å². The number of carbonyl (C=O) groups is 2. The van der Waals surface area contributed by atoms with Crippen LogP contribution in [0.5, 0.6) is 11.5 Å². The first kappa shape index (κ1) is 16.6. The van der Waals surface area contributed by atoms with Crippen LogP contribution in [-0.4, -0.2) is 44.2 Å². The van der Waals surface area contributed by atoms with Gasteiger partial charge in [-0.05, 0) is 31.9 Å². The molecule has 7 heteroatoms. The van der Waals surface area contributed by atoms with Gasteiger partial charge in [0.15, 0.2) is 11.5 Å². The van der Waals surface area contributed by atoms with E-state index in [-0.39, 0.29) is 17.9 Å². The van der Waals surface area contributed by atoms with Crippen molar-refractivity contribution < 1.29 is 19.1 Å². The fourth-order valence-electron chi connectivity index (χ4n) is 2.93. The van der Waals surface area contributed by atoms with E-state index >= 15 is 0 Å². The lowest BCUT2D eigenvalue weighted by atomic mass is 10.1. The Morgan fingerprint density at radius 2 is 2.12 bits per heavy atom. The SMILES string of the molecule is CC(N)CCNC(=O)C1CCN(c2ccc3c(c2)OCCO3)C1=O. The van der Waals surface area contributed by atoms with Crippen molar-refractivity contribution in [2.45, 2.75) is 25.8 Å². The number of nitrogens with two attached hydrogens (primary N) is 1. The molecule has 0 aliphatic carbocycles. The Kier molecular flexibility index (Phi) is 4.89. The van der Waals surface area contributed by atoms with Crippen LogP contribution in [0.2, 0.25) is 0 Å². The minimum Gasteiger partial charge on any atom is -0.486 e. The third-order valence-electron chi connectivity index (χ3n) is 4.26. The van der Waals surface area contributed by atoms with Gasteiger partial charge >= 0.3 is 0 Å². The van der Waals surface area contributed by atoms with Crippen LogP contribution in [0, 0.1) is 5.92 Å². The number of benzene rings is 1. The van der Waals surface area contributed by atoms with E-state index in [4.69, 9.17) is 15.2 Å². The summed E-state index contributed by atoms with van der Waals surface area (Å²) in [7, 11) is 0. The number of hydrogen-bond donors (Lipinski definition) is 2. The summed E-state index contributed by atoms with van der Waals surface area (Å²) in [6.07, 6.45) is 1.20. The van der Waals surface area contributed by atoms with E-state index in [1.54, 1.807) is 17.0 Å². The zero-order chi connectivity index (χ0) is 17.1. The fraction of sp³-hybridized carbons (Fsp3) is 0.529. The molecule has 130 valence electrons. The van der Waals surface area contributed by atoms with Gasteiger partial charge in [0.1, 0.15) is 19.1 Å². The molecule has 2 atom stereocenters. The van der Waals surface area contributed by atoms with Gasteiger partial charge in [-0.3, -0.25) is 9.59 Å². The Hall–Kier alpha value is -2.28. The highest BCUT2D eigenvalue weighted by Crippen LogP contribution is 2.35. The predicted octanol–water partition coefficient (Wildman–Crippen LogP) is 0.664. The van der Waals surface area contributed by atoms with Gasteiger partial charge in [0.25, 0.3) is 0 Å². The van der Waals surface area contributed by atoms with E-state index in [1.165, 1.54) is 0 Å². The molecule has 7 nitrogen and oxygen atoms in total. The highest BCUT2D eigenvalue weighted by Gasteiger charge is 2.37. The van der Waals surface area contributed by atoms with Crippen LogP contribution in [0.3, 0.4) is 0 Å². The quantitative estimate of drug-likeness (QED) is 0.772. The summed E-state index contributed by atoms with van der Waals surface area (Å²) in [6, 6.07) is 5.44. The van der Waals surface area contributed by atoms with E-state index < -0.39 is 5.92 Å².